The quantitative estimate of drug-likeness (QED) is 0.901. The summed E-state index contributed by atoms with van der Waals surface area (Å²) in [6.45, 7) is 0.275. The first-order valence-corrected chi connectivity index (χ1v) is 6.41. The van der Waals surface area contributed by atoms with Gasteiger partial charge in [-0.1, -0.05) is 6.07 Å². The molecule has 0 unspecified atom stereocenters. The molecule has 0 aliphatic rings. The molecular weight excluding hydrogens is 316 g/mol. The molecule has 0 aromatic heterocycles. The van der Waals surface area contributed by atoms with Crippen LogP contribution in [0.1, 0.15) is 5.56 Å². The van der Waals surface area contributed by atoms with E-state index in [4.69, 9.17) is 4.74 Å². The number of methoxy groups -OCH3 is 1. The highest BCUT2D eigenvalue weighted by Crippen LogP contribution is 2.28. The second kappa shape index (κ2) is 6.02. The fraction of sp³-hybridized carbons (Fsp3) is 0.143. The van der Waals surface area contributed by atoms with Gasteiger partial charge in [0, 0.05) is 29.9 Å². The van der Waals surface area contributed by atoms with Gasteiger partial charge in [-0.3, -0.25) is 0 Å². The maximum Gasteiger partial charge on any atom is 0.135 e. The normalized spacial score (nSPS) is 10.3. The van der Waals surface area contributed by atoms with Crippen LogP contribution < -0.4 is 10.1 Å². The Labute approximate surface area is 118 Å². The van der Waals surface area contributed by atoms with Crippen LogP contribution in [0.15, 0.2) is 40.9 Å². The molecule has 0 amide bonds. The Kier molecular flexibility index (Phi) is 4.37. The van der Waals surface area contributed by atoms with Gasteiger partial charge in [0.15, 0.2) is 0 Å². The first kappa shape index (κ1) is 13.8. The molecule has 100 valence electrons. The summed E-state index contributed by atoms with van der Waals surface area (Å²) >= 11 is 3.35. The Morgan fingerprint density at radius 2 is 1.95 bits per heavy atom. The van der Waals surface area contributed by atoms with Gasteiger partial charge in [-0.15, -0.1) is 0 Å². The molecule has 5 heteroatoms. The lowest BCUT2D eigenvalue weighted by atomic mass is 10.2. The Morgan fingerprint density at radius 1 is 1.16 bits per heavy atom. The molecule has 0 aliphatic heterocycles. The van der Waals surface area contributed by atoms with Crippen molar-refractivity contribution in [1.29, 1.82) is 0 Å². The highest BCUT2D eigenvalue weighted by molar-refractivity contribution is 9.10. The largest absolute Gasteiger partial charge is 0.495 e. The summed E-state index contributed by atoms with van der Waals surface area (Å²) in [5.41, 5.74) is 1.20. The third kappa shape index (κ3) is 3.44. The van der Waals surface area contributed by atoms with E-state index in [9.17, 15) is 8.78 Å². The first-order valence-electron chi connectivity index (χ1n) is 5.61. The van der Waals surface area contributed by atoms with Crippen LogP contribution in [-0.4, -0.2) is 7.11 Å². The number of anilines is 1. The zero-order chi connectivity index (χ0) is 13.8. The van der Waals surface area contributed by atoms with Gasteiger partial charge in [-0.05, 0) is 34.1 Å². The van der Waals surface area contributed by atoms with E-state index in [0.29, 0.717) is 11.3 Å². The molecule has 0 atom stereocenters. The van der Waals surface area contributed by atoms with Crippen LogP contribution in [0.2, 0.25) is 0 Å². The van der Waals surface area contributed by atoms with Gasteiger partial charge in [0.05, 0.1) is 11.6 Å². The van der Waals surface area contributed by atoms with E-state index in [1.165, 1.54) is 12.1 Å². The summed E-state index contributed by atoms with van der Waals surface area (Å²) in [7, 11) is 1.57. The molecule has 2 aromatic carbocycles. The highest BCUT2D eigenvalue weighted by Gasteiger charge is 2.05. The predicted molar refractivity (Wildman–Crippen MR) is 74.4 cm³/mol. The summed E-state index contributed by atoms with van der Waals surface area (Å²) in [5.74, 6) is -0.451. The third-order valence-corrected chi connectivity index (χ3v) is 3.30. The van der Waals surface area contributed by atoms with Gasteiger partial charge in [0.1, 0.15) is 17.4 Å². The number of rotatable bonds is 4. The molecule has 2 rings (SSSR count). The molecule has 0 fully saturated rings. The average Bonchev–Trinajstić information content (AvgIpc) is 2.39. The van der Waals surface area contributed by atoms with Gasteiger partial charge in [-0.25, -0.2) is 8.78 Å². The Bertz CT molecular complexity index is 590. The molecule has 0 saturated carbocycles. The molecule has 0 heterocycles. The molecule has 2 aromatic rings. The van der Waals surface area contributed by atoms with Crippen LogP contribution in [0.3, 0.4) is 0 Å². The zero-order valence-corrected chi connectivity index (χ0v) is 11.8. The second-order valence-corrected chi connectivity index (χ2v) is 4.79. The summed E-state index contributed by atoms with van der Waals surface area (Å²) < 4.78 is 32.2. The third-order valence-electron chi connectivity index (χ3n) is 2.65. The number of halogens is 3. The summed E-state index contributed by atoms with van der Waals surface area (Å²) in [5, 5.41) is 3.06. The van der Waals surface area contributed by atoms with Crippen molar-refractivity contribution in [2.24, 2.45) is 0 Å². The predicted octanol–water partition coefficient (Wildman–Crippen LogP) is 4.35. The van der Waals surface area contributed by atoms with Gasteiger partial charge in [-0.2, -0.15) is 0 Å². The molecule has 2 nitrogen and oxygen atoms in total. The van der Waals surface area contributed by atoms with E-state index >= 15 is 0 Å². The smallest absolute Gasteiger partial charge is 0.135 e. The van der Waals surface area contributed by atoms with Gasteiger partial charge in [0.25, 0.3) is 0 Å². The maximum atomic E-state index is 13.5. The number of hydrogen-bond acceptors (Lipinski definition) is 2. The topological polar surface area (TPSA) is 21.3 Å². The lowest BCUT2D eigenvalue weighted by Crippen LogP contribution is -2.02. The fourth-order valence-corrected chi connectivity index (χ4v) is 2.04. The number of benzene rings is 2. The molecule has 1 N–H and O–H groups in total. The maximum absolute atomic E-state index is 13.5. The van der Waals surface area contributed by atoms with Crippen molar-refractivity contribution in [1.82, 2.24) is 0 Å². The number of hydrogen-bond donors (Lipinski definition) is 1. The minimum Gasteiger partial charge on any atom is -0.495 e. The van der Waals surface area contributed by atoms with E-state index in [-0.39, 0.29) is 6.54 Å². The molecule has 19 heavy (non-hydrogen) atoms. The van der Waals surface area contributed by atoms with E-state index in [1.807, 2.05) is 12.1 Å². The highest BCUT2D eigenvalue weighted by atomic mass is 79.9. The Hall–Kier alpha value is -1.62. The van der Waals surface area contributed by atoms with Crippen molar-refractivity contribution in [3.8, 4) is 5.75 Å². The molecule has 0 aliphatic carbocycles. The second-order valence-electron chi connectivity index (χ2n) is 3.94. The van der Waals surface area contributed by atoms with Crippen molar-refractivity contribution in [3.63, 3.8) is 0 Å². The molecule has 0 bridgehead atoms. The monoisotopic (exact) mass is 327 g/mol. The van der Waals surface area contributed by atoms with E-state index in [0.717, 1.165) is 16.2 Å². The van der Waals surface area contributed by atoms with E-state index < -0.39 is 11.6 Å². The van der Waals surface area contributed by atoms with Gasteiger partial charge in [0.2, 0.25) is 0 Å². The summed E-state index contributed by atoms with van der Waals surface area (Å²) in [6, 6.07) is 9.01. The molecule has 0 radical (unpaired) electrons. The van der Waals surface area contributed by atoms with Crippen molar-refractivity contribution in [3.05, 3.63) is 58.1 Å². The van der Waals surface area contributed by atoms with Crippen LogP contribution >= 0.6 is 15.9 Å². The summed E-state index contributed by atoms with van der Waals surface area (Å²) in [4.78, 5) is 0. The Morgan fingerprint density at radius 3 is 2.63 bits per heavy atom. The van der Waals surface area contributed by atoms with Crippen LogP contribution in [0, 0.1) is 11.6 Å². The lowest BCUT2D eigenvalue weighted by molar-refractivity contribution is 0.412. The average molecular weight is 328 g/mol. The molecule has 0 saturated heterocycles. The van der Waals surface area contributed by atoms with Crippen molar-refractivity contribution < 1.29 is 13.5 Å². The minimum atomic E-state index is -0.577. The van der Waals surface area contributed by atoms with Crippen molar-refractivity contribution in [2.45, 2.75) is 6.54 Å². The zero-order valence-electron chi connectivity index (χ0n) is 10.2. The number of ether oxygens (including phenoxy) is 1. The fourth-order valence-electron chi connectivity index (χ4n) is 1.63. The standard InChI is InChI=1S/C14H12BrF2NO/c1-19-14-7-11(4-5-12(14)15)18-8-9-2-3-10(16)6-13(9)17/h2-7,18H,8H2,1H3. The van der Waals surface area contributed by atoms with Crippen molar-refractivity contribution in [2.75, 3.05) is 12.4 Å². The first-order chi connectivity index (χ1) is 9.10. The summed E-state index contributed by atoms with van der Waals surface area (Å²) in [6.07, 6.45) is 0. The van der Waals surface area contributed by atoms with Crippen LogP contribution in [0.4, 0.5) is 14.5 Å². The van der Waals surface area contributed by atoms with Crippen molar-refractivity contribution >= 4 is 21.6 Å². The van der Waals surface area contributed by atoms with Crippen LogP contribution in [0.5, 0.6) is 5.75 Å². The lowest BCUT2D eigenvalue weighted by Gasteiger charge is -2.10. The van der Waals surface area contributed by atoms with E-state index in [1.54, 1.807) is 13.2 Å². The van der Waals surface area contributed by atoms with E-state index in [2.05, 4.69) is 21.2 Å². The van der Waals surface area contributed by atoms with Crippen LogP contribution in [-0.2, 0) is 6.54 Å². The van der Waals surface area contributed by atoms with Gasteiger partial charge < -0.3 is 10.1 Å². The molecule has 0 spiro atoms. The molecular formula is C14H12BrF2NO. The number of nitrogens with one attached hydrogen (secondary N) is 1. The minimum absolute atomic E-state index is 0.275. The SMILES string of the molecule is COc1cc(NCc2ccc(F)cc2F)ccc1Br. The van der Waals surface area contributed by atoms with Crippen LogP contribution in [0.25, 0.3) is 0 Å². The van der Waals surface area contributed by atoms with Gasteiger partial charge >= 0.3 is 0 Å². The Balaban J connectivity index is 2.10.